The van der Waals surface area contributed by atoms with Crippen LogP contribution in [0, 0.1) is 19.8 Å². The third kappa shape index (κ3) is 3.44. The predicted molar refractivity (Wildman–Crippen MR) is 89.5 cm³/mol. The van der Waals surface area contributed by atoms with Gasteiger partial charge in [0.05, 0.1) is 5.69 Å². The minimum atomic E-state index is 0.218. The maximum Gasteiger partial charge on any atom is 0.223 e. The molecule has 1 aliphatic carbocycles. The number of nitrogens with zero attached hydrogens (tertiary/aromatic N) is 3. The molecule has 0 aromatic carbocycles. The summed E-state index contributed by atoms with van der Waals surface area (Å²) in [5, 5.41) is 7.68. The van der Waals surface area contributed by atoms with Crippen molar-refractivity contribution >= 4 is 5.91 Å². The topological polar surface area (TPSA) is 59.8 Å². The average molecular weight is 312 g/mol. The number of aromatic nitrogens is 3. The summed E-state index contributed by atoms with van der Waals surface area (Å²) in [6.45, 7) is 4.74. The highest BCUT2D eigenvalue weighted by molar-refractivity contribution is 5.78. The summed E-state index contributed by atoms with van der Waals surface area (Å²) in [6.07, 6.45) is 7.04. The van der Waals surface area contributed by atoms with Crippen molar-refractivity contribution < 1.29 is 4.79 Å². The molecule has 1 amide bonds. The number of carbonyl (C=O) groups excluding carboxylic acids is 1. The van der Waals surface area contributed by atoms with Gasteiger partial charge in [-0.2, -0.15) is 5.10 Å². The summed E-state index contributed by atoms with van der Waals surface area (Å²) in [5.74, 6) is 1.28. The lowest BCUT2D eigenvalue weighted by Gasteiger charge is -2.10. The van der Waals surface area contributed by atoms with Crippen LogP contribution in [-0.2, 0) is 11.2 Å². The zero-order valence-electron chi connectivity index (χ0n) is 13.9. The van der Waals surface area contributed by atoms with Gasteiger partial charge in [-0.1, -0.05) is 18.9 Å². The third-order valence-corrected chi connectivity index (χ3v) is 4.71. The molecule has 0 unspecified atom stereocenters. The number of hydrogen-bond donors (Lipinski definition) is 1. The van der Waals surface area contributed by atoms with Gasteiger partial charge in [0.25, 0.3) is 0 Å². The monoisotopic (exact) mass is 312 g/mol. The first-order valence-electron chi connectivity index (χ1n) is 8.41. The Kier molecular flexibility index (Phi) is 4.74. The fourth-order valence-corrected chi connectivity index (χ4v) is 3.38. The largest absolute Gasteiger partial charge is 0.356 e. The maximum absolute atomic E-state index is 12.1. The number of pyridine rings is 1. The van der Waals surface area contributed by atoms with Gasteiger partial charge in [0, 0.05) is 24.4 Å². The molecule has 0 atom stereocenters. The van der Waals surface area contributed by atoms with Crippen molar-refractivity contribution in [1.29, 1.82) is 0 Å². The first-order valence-corrected chi connectivity index (χ1v) is 8.41. The van der Waals surface area contributed by atoms with Crippen molar-refractivity contribution in [2.24, 2.45) is 5.92 Å². The van der Waals surface area contributed by atoms with Crippen molar-refractivity contribution in [3.63, 3.8) is 0 Å². The zero-order valence-corrected chi connectivity index (χ0v) is 13.9. The number of aryl methyl sites for hydroxylation is 1. The number of hydrogen-bond acceptors (Lipinski definition) is 3. The number of amides is 1. The van der Waals surface area contributed by atoms with E-state index in [0.29, 0.717) is 6.54 Å². The number of rotatable bonds is 5. The van der Waals surface area contributed by atoms with Crippen LogP contribution in [0.1, 0.15) is 42.6 Å². The Bertz CT molecular complexity index is 672. The lowest BCUT2D eigenvalue weighted by Crippen LogP contribution is -2.31. The Balaban J connectivity index is 1.64. The molecule has 3 rings (SSSR count). The van der Waals surface area contributed by atoms with Crippen LogP contribution in [0.15, 0.2) is 24.4 Å². The molecule has 0 radical (unpaired) electrons. The number of carbonyl (C=O) groups is 1. The lowest BCUT2D eigenvalue weighted by molar-refractivity contribution is -0.124. The van der Waals surface area contributed by atoms with E-state index >= 15 is 0 Å². The summed E-state index contributed by atoms with van der Waals surface area (Å²) in [4.78, 5) is 16.4. The van der Waals surface area contributed by atoms with Crippen LogP contribution in [0.5, 0.6) is 0 Å². The van der Waals surface area contributed by atoms with E-state index in [0.717, 1.165) is 36.5 Å². The van der Waals surface area contributed by atoms with E-state index in [4.69, 9.17) is 0 Å². The molecule has 23 heavy (non-hydrogen) atoms. The second kappa shape index (κ2) is 6.94. The minimum absolute atomic E-state index is 0.218. The molecule has 0 bridgehead atoms. The van der Waals surface area contributed by atoms with Gasteiger partial charge >= 0.3 is 0 Å². The molecule has 1 aliphatic rings. The fourth-order valence-electron chi connectivity index (χ4n) is 3.38. The molecular formula is C18H24N4O. The van der Waals surface area contributed by atoms with Crippen LogP contribution in [0.3, 0.4) is 0 Å². The number of nitrogens with one attached hydrogen (secondary N) is 1. The smallest absolute Gasteiger partial charge is 0.223 e. The highest BCUT2D eigenvalue weighted by atomic mass is 16.1. The van der Waals surface area contributed by atoms with E-state index in [1.165, 1.54) is 18.4 Å². The van der Waals surface area contributed by atoms with Crippen LogP contribution in [0.2, 0.25) is 0 Å². The van der Waals surface area contributed by atoms with Crippen molar-refractivity contribution in [2.45, 2.75) is 46.0 Å². The third-order valence-electron chi connectivity index (χ3n) is 4.71. The Morgan fingerprint density at radius 1 is 1.30 bits per heavy atom. The van der Waals surface area contributed by atoms with E-state index in [2.05, 4.69) is 22.3 Å². The molecule has 5 heteroatoms. The van der Waals surface area contributed by atoms with Crippen LogP contribution in [0.4, 0.5) is 0 Å². The summed E-state index contributed by atoms with van der Waals surface area (Å²) < 4.78 is 1.88. The standard InChI is InChI=1S/C18H24N4O/c1-13-16(10-12-20-18(23)15-7-3-4-8-15)14(2)22(21-13)17-9-5-6-11-19-17/h5-6,9,11,15H,3-4,7-8,10,12H2,1-2H3,(H,20,23). The van der Waals surface area contributed by atoms with Crippen molar-refractivity contribution in [3.8, 4) is 5.82 Å². The van der Waals surface area contributed by atoms with Gasteiger partial charge in [-0.15, -0.1) is 0 Å². The van der Waals surface area contributed by atoms with Gasteiger partial charge in [0.1, 0.15) is 0 Å². The molecule has 1 saturated carbocycles. The first-order chi connectivity index (χ1) is 11.2. The van der Waals surface area contributed by atoms with Gasteiger partial charge in [0.2, 0.25) is 5.91 Å². The molecule has 0 aliphatic heterocycles. The van der Waals surface area contributed by atoms with Crippen molar-refractivity contribution in [3.05, 3.63) is 41.3 Å². The van der Waals surface area contributed by atoms with Gasteiger partial charge < -0.3 is 5.32 Å². The van der Waals surface area contributed by atoms with E-state index in [1.54, 1.807) is 6.20 Å². The summed E-state index contributed by atoms with van der Waals surface area (Å²) >= 11 is 0. The Morgan fingerprint density at radius 3 is 2.78 bits per heavy atom. The van der Waals surface area contributed by atoms with Crippen molar-refractivity contribution in [2.75, 3.05) is 6.54 Å². The molecule has 2 aromatic rings. The van der Waals surface area contributed by atoms with Crippen LogP contribution in [0.25, 0.3) is 5.82 Å². The quantitative estimate of drug-likeness (QED) is 0.923. The molecule has 0 spiro atoms. The summed E-state index contributed by atoms with van der Waals surface area (Å²) in [7, 11) is 0. The molecule has 5 nitrogen and oxygen atoms in total. The van der Waals surface area contributed by atoms with Crippen molar-refractivity contribution in [1.82, 2.24) is 20.1 Å². The molecule has 1 N–H and O–H groups in total. The Hall–Kier alpha value is -2.17. The predicted octanol–water partition coefficient (Wildman–Crippen LogP) is 2.73. The van der Waals surface area contributed by atoms with Gasteiger partial charge in [0.15, 0.2) is 5.82 Å². The normalized spacial score (nSPS) is 15.0. The van der Waals surface area contributed by atoms with Crippen LogP contribution < -0.4 is 5.32 Å². The lowest BCUT2D eigenvalue weighted by atomic mass is 10.1. The minimum Gasteiger partial charge on any atom is -0.356 e. The molecule has 2 aromatic heterocycles. The van der Waals surface area contributed by atoms with Gasteiger partial charge in [-0.05, 0) is 50.8 Å². The fraction of sp³-hybridized carbons (Fsp3) is 0.500. The zero-order chi connectivity index (χ0) is 16.2. The van der Waals surface area contributed by atoms with E-state index in [9.17, 15) is 4.79 Å². The highest BCUT2D eigenvalue weighted by Gasteiger charge is 2.22. The molecular weight excluding hydrogens is 288 g/mol. The van der Waals surface area contributed by atoms with E-state index < -0.39 is 0 Å². The Morgan fingerprint density at radius 2 is 2.09 bits per heavy atom. The van der Waals surface area contributed by atoms with Crippen LogP contribution >= 0.6 is 0 Å². The molecule has 0 saturated heterocycles. The van der Waals surface area contributed by atoms with E-state index in [-0.39, 0.29) is 11.8 Å². The molecule has 2 heterocycles. The van der Waals surface area contributed by atoms with Crippen LogP contribution in [-0.4, -0.2) is 27.2 Å². The highest BCUT2D eigenvalue weighted by Crippen LogP contribution is 2.24. The van der Waals surface area contributed by atoms with E-state index in [1.807, 2.05) is 29.8 Å². The Labute approximate surface area is 137 Å². The summed E-state index contributed by atoms with van der Waals surface area (Å²) in [6, 6.07) is 5.81. The summed E-state index contributed by atoms with van der Waals surface area (Å²) in [5.41, 5.74) is 3.29. The molecule has 122 valence electrons. The maximum atomic E-state index is 12.1. The van der Waals surface area contributed by atoms with Gasteiger partial charge in [-0.25, -0.2) is 9.67 Å². The van der Waals surface area contributed by atoms with Gasteiger partial charge in [-0.3, -0.25) is 4.79 Å². The first kappa shape index (κ1) is 15.7. The molecule has 1 fully saturated rings. The average Bonchev–Trinajstić information content (AvgIpc) is 3.19. The second-order valence-corrected chi connectivity index (χ2v) is 6.27. The second-order valence-electron chi connectivity index (χ2n) is 6.27. The SMILES string of the molecule is Cc1nn(-c2ccccn2)c(C)c1CCNC(=O)C1CCCC1.